The van der Waals surface area contributed by atoms with E-state index in [2.05, 4.69) is 5.32 Å². The highest BCUT2D eigenvalue weighted by Crippen LogP contribution is 2.66. The van der Waals surface area contributed by atoms with E-state index in [-0.39, 0.29) is 0 Å². The number of para-hydroxylation sites is 1. The van der Waals surface area contributed by atoms with Gasteiger partial charge >= 0.3 is 0 Å². The number of halogens is 1. The molecule has 3 saturated carbocycles. The summed E-state index contributed by atoms with van der Waals surface area (Å²) in [6.45, 7) is 0. The second-order valence-corrected chi connectivity index (χ2v) is 6.27. The molecule has 3 heteroatoms. The van der Waals surface area contributed by atoms with Crippen LogP contribution in [0.3, 0.4) is 0 Å². The van der Waals surface area contributed by atoms with Gasteiger partial charge in [-0.2, -0.15) is 0 Å². The van der Waals surface area contributed by atoms with Crippen molar-refractivity contribution in [2.45, 2.75) is 25.3 Å². The summed E-state index contributed by atoms with van der Waals surface area (Å²) in [7, 11) is 0. The van der Waals surface area contributed by atoms with E-state index in [1.807, 2.05) is 18.2 Å². The van der Waals surface area contributed by atoms with Gasteiger partial charge in [0.15, 0.2) is 0 Å². The van der Waals surface area contributed by atoms with Gasteiger partial charge < -0.3 is 11.1 Å². The number of benzene rings is 1. The van der Waals surface area contributed by atoms with Crippen molar-refractivity contribution in [1.29, 1.82) is 0 Å². The van der Waals surface area contributed by atoms with Crippen LogP contribution in [0.2, 0.25) is 5.02 Å². The quantitative estimate of drug-likeness (QED) is 0.788. The third kappa shape index (κ3) is 1.33. The highest BCUT2D eigenvalue weighted by Gasteiger charge is 2.65. The SMILES string of the molecule is Nc1cccc(Cl)c1NC1C2C3CCC(C3)C12. The van der Waals surface area contributed by atoms with Crippen LogP contribution >= 0.6 is 11.6 Å². The Morgan fingerprint density at radius 2 is 1.88 bits per heavy atom. The Labute approximate surface area is 107 Å². The Hall–Kier alpha value is -0.890. The van der Waals surface area contributed by atoms with Crippen molar-refractivity contribution < 1.29 is 0 Å². The van der Waals surface area contributed by atoms with Crippen LogP contribution < -0.4 is 11.1 Å². The standard InChI is InChI=1S/C14H17ClN2/c15-9-2-1-3-10(16)13(9)17-14-11-7-4-5-8(6-7)12(11)14/h1-3,7-8,11-12,14,17H,4-6,16H2. The molecule has 0 heterocycles. The van der Waals surface area contributed by atoms with Crippen molar-refractivity contribution in [3.8, 4) is 0 Å². The molecule has 1 aromatic rings. The average Bonchev–Trinajstić information content (AvgIpc) is 2.70. The van der Waals surface area contributed by atoms with Gasteiger partial charge in [-0.25, -0.2) is 0 Å². The largest absolute Gasteiger partial charge is 0.397 e. The number of rotatable bonds is 2. The van der Waals surface area contributed by atoms with Gasteiger partial charge in [-0.3, -0.25) is 0 Å². The molecule has 3 aliphatic rings. The average molecular weight is 249 g/mol. The Balaban J connectivity index is 1.56. The predicted octanol–water partition coefficient (Wildman–Crippen LogP) is 3.38. The van der Waals surface area contributed by atoms with Crippen LogP contribution in [-0.4, -0.2) is 6.04 Å². The van der Waals surface area contributed by atoms with Gasteiger partial charge in [0, 0.05) is 6.04 Å². The molecule has 3 aliphatic carbocycles. The van der Waals surface area contributed by atoms with Gasteiger partial charge in [0.1, 0.15) is 0 Å². The summed E-state index contributed by atoms with van der Waals surface area (Å²) >= 11 is 6.20. The molecule has 0 aromatic heterocycles. The van der Waals surface area contributed by atoms with E-state index in [0.717, 1.165) is 40.1 Å². The number of anilines is 2. The molecule has 4 rings (SSSR count). The van der Waals surface area contributed by atoms with E-state index >= 15 is 0 Å². The van der Waals surface area contributed by atoms with Crippen LogP contribution in [-0.2, 0) is 0 Å². The second-order valence-electron chi connectivity index (χ2n) is 5.86. The number of hydrogen-bond donors (Lipinski definition) is 2. The highest BCUT2D eigenvalue weighted by atomic mass is 35.5. The van der Waals surface area contributed by atoms with Crippen LogP contribution in [0.25, 0.3) is 0 Å². The van der Waals surface area contributed by atoms with E-state index in [9.17, 15) is 0 Å². The zero-order valence-corrected chi connectivity index (χ0v) is 10.5. The smallest absolute Gasteiger partial charge is 0.0765 e. The minimum absolute atomic E-state index is 0.642. The molecule has 2 nitrogen and oxygen atoms in total. The lowest BCUT2D eigenvalue weighted by molar-refractivity contribution is 0.456. The lowest BCUT2D eigenvalue weighted by Crippen LogP contribution is -2.14. The molecule has 0 amide bonds. The summed E-state index contributed by atoms with van der Waals surface area (Å²) in [6.07, 6.45) is 4.37. The Morgan fingerprint density at radius 1 is 1.18 bits per heavy atom. The number of hydrogen-bond acceptors (Lipinski definition) is 2. The van der Waals surface area contributed by atoms with Gasteiger partial charge in [0.05, 0.1) is 16.4 Å². The fourth-order valence-electron chi connectivity index (χ4n) is 4.38. The lowest BCUT2D eigenvalue weighted by atomic mass is 10.0. The van der Waals surface area contributed by atoms with Gasteiger partial charge in [0.25, 0.3) is 0 Å². The molecule has 1 aromatic carbocycles. The number of nitrogen functional groups attached to an aromatic ring is 1. The molecule has 0 radical (unpaired) electrons. The first kappa shape index (κ1) is 10.1. The van der Waals surface area contributed by atoms with E-state index in [4.69, 9.17) is 17.3 Å². The predicted molar refractivity (Wildman–Crippen MR) is 71.1 cm³/mol. The van der Waals surface area contributed by atoms with E-state index in [1.165, 1.54) is 19.3 Å². The zero-order valence-electron chi connectivity index (χ0n) is 9.70. The molecular weight excluding hydrogens is 232 g/mol. The lowest BCUT2D eigenvalue weighted by Gasteiger charge is -2.14. The summed E-state index contributed by atoms with van der Waals surface area (Å²) in [5, 5.41) is 4.35. The van der Waals surface area contributed by atoms with Crippen molar-refractivity contribution in [2.75, 3.05) is 11.1 Å². The molecule has 0 aliphatic heterocycles. The summed E-state index contributed by atoms with van der Waals surface area (Å²) in [4.78, 5) is 0. The van der Waals surface area contributed by atoms with Crippen LogP contribution in [0.4, 0.5) is 11.4 Å². The summed E-state index contributed by atoms with van der Waals surface area (Å²) in [5.41, 5.74) is 7.71. The van der Waals surface area contributed by atoms with Crippen LogP contribution in [0, 0.1) is 23.7 Å². The van der Waals surface area contributed by atoms with Crippen LogP contribution in [0.15, 0.2) is 18.2 Å². The summed E-state index contributed by atoms with van der Waals surface area (Å²) in [5.74, 6) is 3.77. The van der Waals surface area contributed by atoms with E-state index < -0.39 is 0 Å². The molecule has 0 saturated heterocycles. The van der Waals surface area contributed by atoms with E-state index in [1.54, 1.807) is 0 Å². The fourth-order valence-corrected chi connectivity index (χ4v) is 4.61. The topological polar surface area (TPSA) is 38.0 Å². The van der Waals surface area contributed by atoms with Crippen LogP contribution in [0.1, 0.15) is 19.3 Å². The normalized spacial score (nSPS) is 41.4. The van der Waals surface area contributed by atoms with Gasteiger partial charge in [-0.1, -0.05) is 17.7 Å². The first-order valence-electron chi connectivity index (χ1n) is 6.56. The molecule has 0 spiro atoms. The molecule has 90 valence electrons. The van der Waals surface area contributed by atoms with Crippen molar-refractivity contribution in [2.24, 2.45) is 23.7 Å². The summed E-state index contributed by atoms with van der Waals surface area (Å²) in [6, 6.07) is 6.37. The number of nitrogens with one attached hydrogen (secondary N) is 1. The van der Waals surface area contributed by atoms with Gasteiger partial charge in [0.2, 0.25) is 0 Å². The zero-order chi connectivity index (χ0) is 11.6. The minimum Gasteiger partial charge on any atom is -0.397 e. The van der Waals surface area contributed by atoms with Crippen LogP contribution in [0.5, 0.6) is 0 Å². The maximum Gasteiger partial charge on any atom is 0.0765 e. The molecule has 4 unspecified atom stereocenters. The Kier molecular flexibility index (Phi) is 1.97. The minimum atomic E-state index is 0.642. The van der Waals surface area contributed by atoms with Gasteiger partial charge in [-0.05, 0) is 55.1 Å². The number of nitrogens with two attached hydrogens (primary N) is 1. The van der Waals surface area contributed by atoms with E-state index in [0.29, 0.717) is 6.04 Å². The fraction of sp³-hybridized carbons (Fsp3) is 0.571. The molecule has 17 heavy (non-hydrogen) atoms. The molecular formula is C14H17ClN2. The molecule has 4 atom stereocenters. The molecule has 2 bridgehead atoms. The van der Waals surface area contributed by atoms with Crippen molar-refractivity contribution in [1.82, 2.24) is 0 Å². The Morgan fingerprint density at radius 3 is 2.53 bits per heavy atom. The third-order valence-electron chi connectivity index (χ3n) is 5.09. The Bertz CT molecular complexity index is 437. The first-order valence-corrected chi connectivity index (χ1v) is 6.94. The maximum absolute atomic E-state index is 6.20. The van der Waals surface area contributed by atoms with Crippen molar-refractivity contribution >= 4 is 23.0 Å². The molecule has 3 N–H and O–H groups in total. The summed E-state index contributed by atoms with van der Waals surface area (Å²) < 4.78 is 0. The maximum atomic E-state index is 6.20. The van der Waals surface area contributed by atoms with Crippen molar-refractivity contribution in [3.05, 3.63) is 23.2 Å². The first-order chi connectivity index (χ1) is 8.25. The third-order valence-corrected chi connectivity index (χ3v) is 5.41. The number of fused-ring (bicyclic) bond motifs is 5. The molecule has 3 fully saturated rings. The van der Waals surface area contributed by atoms with Crippen molar-refractivity contribution in [3.63, 3.8) is 0 Å². The monoisotopic (exact) mass is 248 g/mol. The van der Waals surface area contributed by atoms with Gasteiger partial charge in [-0.15, -0.1) is 0 Å². The second kappa shape index (κ2) is 3.32. The highest BCUT2D eigenvalue weighted by molar-refractivity contribution is 6.33.